The molecule has 0 radical (unpaired) electrons. The van der Waals surface area contributed by atoms with Crippen molar-refractivity contribution in [1.29, 1.82) is 0 Å². The van der Waals surface area contributed by atoms with E-state index in [1.165, 1.54) is 17.9 Å². The molecule has 0 spiro atoms. The molecule has 17 heavy (non-hydrogen) atoms. The Morgan fingerprint density at radius 3 is 2.41 bits per heavy atom. The van der Waals surface area contributed by atoms with Crippen molar-refractivity contribution in [2.45, 2.75) is 43.1 Å². The third-order valence-corrected chi connectivity index (χ3v) is 3.00. The van der Waals surface area contributed by atoms with E-state index in [1.54, 1.807) is 24.0 Å². The van der Waals surface area contributed by atoms with Crippen LogP contribution in [-0.2, 0) is 0 Å². The Morgan fingerprint density at radius 1 is 1.41 bits per heavy atom. The molecule has 2 nitrogen and oxygen atoms in total. The average Bonchev–Trinajstić information content (AvgIpc) is 2.39. The van der Waals surface area contributed by atoms with E-state index < -0.39 is 0 Å². The predicted octanol–water partition coefficient (Wildman–Crippen LogP) is 3.77. The second kappa shape index (κ2) is 10.9. The number of unbranched alkanes of at least 4 members (excludes halogenated alkanes) is 1. The van der Waals surface area contributed by atoms with Crippen molar-refractivity contribution in [3.63, 3.8) is 0 Å². The Labute approximate surface area is 118 Å². The molecule has 1 aromatic rings. The van der Waals surface area contributed by atoms with Crippen LogP contribution < -0.4 is 0 Å². The number of hydrogen-bond acceptors (Lipinski definition) is 3. The van der Waals surface area contributed by atoms with Gasteiger partial charge in [0.1, 0.15) is 5.69 Å². The van der Waals surface area contributed by atoms with Gasteiger partial charge in [0.15, 0.2) is 5.78 Å². The van der Waals surface area contributed by atoms with Crippen molar-refractivity contribution >= 4 is 35.3 Å². The predicted molar refractivity (Wildman–Crippen MR) is 76.1 cm³/mol. The molecule has 0 aliphatic heterocycles. The number of Topliss-reactive ketones (excluding diaryl/α,β-unsaturated/α-hetero) is 1. The molecule has 4 heteroatoms. The molecule has 90 valence electrons. The van der Waals surface area contributed by atoms with Crippen LogP contribution >= 0.6 is 11.8 Å². The third-order valence-electron chi connectivity index (χ3n) is 2.29. The van der Waals surface area contributed by atoms with Crippen molar-refractivity contribution in [1.82, 2.24) is 4.98 Å². The van der Waals surface area contributed by atoms with Crippen molar-refractivity contribution < 1.29 is 4.79 Å². The molecule has 0 saturated carbocycles. The Balaban J connectivity index is 0.000000437. The van der Waals surface area contributed by atoms with Gasteiger partial charge in [-0.15, -0.1) is 11.8 Å². The van der Waals surface area contributed by atoms with Crippen LogP contribution in [0.5, 0.6) is 0 Å². The second-order valence-corrected chi connectivity index (χ2v) is 4.59. The molecule has 1 heterocycles. The molecule has 0 aromatic carbocycles. The summed E-state index contributed by atoms with van der Waals surface area (Å²) >= 11 is 3.83. The van der Waals surface area contributed by atoms with Crippen molar-refractivity contribution in [2.24, 2.45) is 0 Å². The maximum absolute atomic E-state index is 11.1. The number of rotatable bonds is 5. The molecule has 0 aliphatic rings. The molecule has 0 unspecified atom stereocenters. The quantitative estimate of drug-likeness (QED) is 0.449. The molecular formula is C13H20LiNOS. The zero-order valence-corrected chi connectivity index (χ0v) is 12.1. The molecule has 0 saturated heterocycles. The van der Waals surface area contributed by atoms with Crippen LogP contribution in [0.3, 0.4) is 0 Å². The summed E-state index contributed by atoms with van der Waals surface area (Å²) in [4.78, 5) is 16.3. The molecule has 1 aromatic heterocycles. The minimum absolute atomic E-state index is 0.0997. The summed E-state index contributed by atoms with van der Waals surface area (Å²) in [6.45, 7) is 4.05. The molecule has 0 aliphatic carbocycles. The summed E-state index contributed by atoms with van der Waals surface area (Å²) in [5, 5.41) is 1.34. The van der Waals surface area contributed by atoms with Crippen LogP contribution in [-0.4, -0.2) is 34.7 Å². The van der Waals surface area contributed by atoms with E-state index in [-0.39, 0.29) is 5.78 Å². The van der Waals surface area contributed by atoms with E-state index in [9.17, 15) is 4.79 Å². The standard InChI is InChI=1S/C9H11NOS.C4H9.Li/c1-3-9(11)8-5-4-7(12-2)6-10-8;1-3-4-2;/h4-6H,3H2,1-2H3;1,3-4H2,2H3;. The SMILES string of the molecule is CCC(=O)c1ccc(SC)cn1.[Li][CH2]CCC. The monoisotopic (exact) mass is 245 g/mol. The van der Waals surface area contributed by atoms with Crippen LogP contribution in [0.2, 0.25) is 5.09 Å². The number of hydrogen-bond donors (Lipinski definition) is 0. The van der Waals surface area contributed by atoms with E-state index in [2.05, 4.69) is 29.6 Å². The maximum atomic E-state index is 11.1. The Morgan fingerprint density at radius 2 is 2.12 bits per heavy atom. The van der Waals surface area contributed by atoms with E-state index in [0.29, 0.717) is 12.1 Å². The summed E-state index contributed by atoms with van der Waals surface area (Å²) in [6.07, 6.45) is 6.97. The fourth-order valence-corrected chi connectivity index (χ4v) is 1.56. The first-order valence-electron chi connectivity index (χ1n) is 6.22. The summed E-state index contributed by atoms with van der Waals surface area (Å²) in [6, 6.07) is 3.69. The van der Waals surface area contributed by atoms with Gasteiger partial charge in [0.05, 0.1) is 0 Å². The first kappa shape index (κ1) is 16.8. The third kappa shape index (κ3) is 7.65. The second-order valence-electron chi connectivity index (χ2n) is 3.71. The van der Waals surface area contributed by atoms with Crippen LogP contribution in [0.1, 0.15) is 43.6 Å². The first-order chi connectivity index (χ1) is 8.19. The van der Waals surface area contributed by atoms with E-state index in [4.69, 9.17) is 0 Å². The number of aromatic nitrogens is 1. The summed E-state index contributed by atoms with van der Waals surface area (Å²) in [5.41, 5.74) is 0.565. The molecule has 0 N–H and O–H groups in total. The Hall–Kier alpha value is -0.233. The zero-order valence-electron chi connectivity index (χ0n) is 11.3. The van der Waals surface area contributed by atoms with Gasteiger partial charge in [0.25, 0.3) is 0 Å². The van der Waals surface area contributed by atoms with Crippen molar-refractivity contribution in [3.05, 3.63) is 24.0 Å². The van der Waals surface area contributed by atoms with Crippen LogP contribution in [0, 0.1) is 0 Å². The number of ketones is 1. The van der Waals surface area contributed by atoms with Gasteiger partial charge in [-0.2, -0.15) is 0 Å². The summed E-state index contributed by atoms with van der Waals surface area (Å²) < 4.78 is 0. The van der Waals surface area contributed by atoms with Crippen LogP contribution in [0.25, 0.3) is 0 Å². The van der Waals surface area contributed by atoms with Crippen LogP contribution in [0.15, 0.2) is 23.2 Å². The molecule has 0 amide bonds. The number of pyridine rings is 1. The number of carbonyl (C=O) groups is 1. The van der Waals surface area contributed by atoms with Crippen molar-refractivity contribution in [2.75, 3.05) is 6.26 Å². The zero-order chi connectivity index (χ0) is 13.1. The minimum atomic E-state index is 0.0997. The van der Waals surface area contributed by atoms with Gasteiger partial charge in [-0.25, -0.2) is 0 Å². The van der Waals surface area contributed by atoms with Gasteiger partial charge in [-0.05, 0) is 18.4 Å². The number of nitrogens with zero attached hydrogens (tertiary/aromatic N) is 1. The Bertz CT molecular complexity index is 312. The van der Waals surface area contributed by atoms with E-state index >= 15 is 0 Å². The summed E-state index contributed by atoms with van der Waals surface area (Å²) in [7, 11) is 0. The first-order valence-corrected chi connectivity index (χ1v) is 7.45. The van der Waals surface area contributed by atoms with E-state index in [1.807, 2.05) is 19.2 Å². The molecule has 0 fully saturated rings. The van der Waals surface area contributed by atoms with Gasteiger partial charge >= 0.3 is 42.6 Å². The Kier molecular flexibility index (Phi) is 10.7. The van der Waals surface area contributed by atoms with Gasteiger partial charge < -0.3 is 0 Å². The molecule has 1 rings (SSSR count). The van der Waals surface area contributed by atoms with Gasteiger partial charge in [0, 0.05) is 17.5 Å². The molecule has 0 atom stereocenters. The normalized spacial score (nSPS) is 9.47. The van der Waals surface area contributed by atoms with Crippen LogP contribution in [0.4, 0.5) is 0 Å². The topological polar surface area (TPSA) is 30.0 Å². The van der Waals surface area contributed by atoms with Gasteiger partial charge in [-0.1, -0.05) is 6.92 Å². The van der Waals surface area contributed by atoms with Gasteiger partial charge in [0.2, 0.25) is 0 Å². The molecule has 0 bridgehead atoms. The number of thioether (sulfide) groups is 1. The van der Waals surface area contributed by atoms with Gasteiger partial charge in [-0.3, -0.25) is 9.78 Å². The number of carbonyl (C=O) groups excluding carboxylic acids is 1. The fourth-order valence-electron chi connectivity index (χ4n) is 1.20. The van der Waals surface area contributed by atoms with Crippen molar-refractivity contribution in [3.8, 4) is 0 Å². The average molecular weight is 245 g/mol. The van der Waals surface area contributed by atoms with E-state index in [0.717, 1.165) is 4.90 Å². The summed E-state index contributed by atoms with van der Waals surface area (Å²) in [5.74, 6) is 0.0997. The fraction of sp³-hybridized carbons (Fsp3) is 0.538. The molecular weight excluding hydrogens is 225 g/mol.